The van der Waals surface area contributed by atoms with Crippen LogP contribution in [0.2, 0.25) is 0 Å². The summed E-state index contributed by atoms with van der Waals surface area (Å²) in [4.78, 5) is 25.0. The van der Waals surface area contributed by atoms with Crippen molar-refractivity contribution in [2.75, 3.05) is 18.5 Å². The molecule has 0 bridgehead atoms. The first-order chi connectivity index (χ1) is 14.5. The number of nitrogens with one attached hydrogen (secondary N) is 3. The van der Waals surface area contributed by atoms with Crippen LogP contribution in [0.25, 0.3) is 0 Å². The Balaban J connectivity index is 1.56. The Bertz CT molecular complexity index is 873. The van der Waals surface area contributed by atoms with E-state index in [0.717, 1.165) is 18.4 Å². The summed E-state index contributed by atoms with van der Waals surface area (Å²) in [6.45, 7) is 3.31. The first kappa shape index (κ1) is 21.4. The third-order valence-corrected chi connectivity index (χ3v) is 4.58. The number of amides is 3. The van der Waals surface area contributed by atoms with Crippen molar-refractivity contribution in [2.24, 2.45) is 0 Å². The normalized spacial score (nSPS) is 13.7. The van der Waals surface area contributed by atoms with Gasteiger partial charge >= 0.3 is 6.03 Å². The van der Waals surface area contributed by atoms with Gasteiger partial charge in [0.25, 0.3) is 0 Å². The quantitative estimate of drug-likeness (QED) is 0.645. The van der Waals surface area contributed by atoms with E-state index in [4.69, 9.17) is 9.47 Å². The molecule has 0 fully saturated rings. The third kappa shape index (κ3) is 6.10. The molecule has 1 aliphatic rings. The Morgan fingerprint density at radius 1 is 1.07 bits per heavy atom. The van der Waals surface area contributed by atoms with Crippen molar-refractivity contribution < 1.29 is 23.5 Å². The van der Waals surface area contributed by atoms with E-state index in [-0.39, 0.29) is 18.3 Å². The molecule has 0 radical (unpaired) electrons. The Hall–Kier alpha value is -3.29. The van der Waals surface area contributed by atoms with E-state index in [1.165, 1.54) is 12.1 Å². The Kier molecular flexibility index (Phi) is 7.48. The van der Waals surface area contributed by atoms with Crippen molar-refractivity contribution in [3.63, 3.8) is 0 Å². The Labute approximate surface area is 174 Å². The van der Waals surface area contributed by atoms with Gasteiger partial charge in [-0.15, -0.1) is 0 Å². The summed E-state index contributed by atoms with van der Waals surface area (Å²) in [7, 11) is 0. The first-order valence-corrected chi connectivity index (χ1v) is 10.0. The molecule has 2 aromatic rings. The molecule has 3 amide bonds. The predicted octanol–water partition coefficient (Wildman–Crippen LogP) is 3.59. The minimum absolute atomic E-state index is 0.231. The van der Waals surface area contributed by atoms with Gasteiger partial charge in [-0.1, -0.05) is 25.5 Å². The molecule has 3 rings (SSSR count). The average Bonchev–Trinajstić information content (AvgIpc) is 2.98. The van der Waals surface area contributed by atoms with Gasteiger partial charge in [0.15, 0.2) is 11.5 Å². The predicted molar refractivity (Wildman–Crippen MR) is 111 cm³/mol. The van der Waals surface area contributed by atoms with Crippen LogP contribution in [0.3, 0.4) is 0 Å². The summed E-state index contributed by atoms with van der Waals surface area (Å²) in [5.74, 6) is 0.581. The molecule has 1 atom stereocenters. The largest absolute Gasteiger partial charge is 0.490 e. The zero-order valence-corrected chi connectivity index (χ0v) is 16.9. The van der Waals surface area contributed by atoms with Gasteiger partial charge in [0.1, 0.15) is 11.9 Å². The molecule has 1 aliphatic heterocycles. The second kappa shape index (κ2) is 10.5. The standard InChI is InChI=1S/C22H26FN3O4/c1-2-4-18(26-22(28)24-14-15-5-7-16(23)8-6-15)21(27)25-17-9-10-19-20(13-17)30-12-3-11-29-19/h5-10,13,18H,2-4,11-12,14H2,1H3,(H,25,27)(H2,24,26,28)/t18-/m1/s1. The van der Waals surface area contributed by atoms with E-state index in [0.29, 0.717) is 36.8 Å². The molecule has 0 saturated heterocycles. The second-order valence-electron chi connectivity index (χ2n) is 7.00. The summed E-state index contributed by atoms with van der Waals surface area (Å²) in [6, 6.07) is 9.90. The molecule has 0 spiro atoms. The van der Waals surface area contributed by atoms with Crippen molar-refractivity contribution in [3.05, 3.63) is 53.8 Å². The number of halogens is 1. The first-order valence-electron chi connectivity index (χ1n) is 10.0. The lowest BCUT2D eigenvalue weighted by Crippen LogP contribution is -2.47. The molecule has 2 aromatic carbocycles. The number of carbonyl (C=O) groups is 2. The molecule has 0 aliphatic carbocycles. The molecule has 0 saturated carbocycles. The fraction of sp³-hybridized carbons (Fsp3) is 0.364. The van der Waals surface area contributed by atoms with Crippen LogP contribution in [-0.4, -0.2) is 31.2 Å². The highest BCUT2D eigenvalue weighted by Crippen LogP contribution is 2.32. The number of anilines is 1. The maximum Gasteiger partial charge on any atom is 0.315 e. The molecule has 30 heavy (non-hydrogen) atoms. The highest BCUT2D eigenvalue weighted by molar-refractivity contribution is 5.97. The summed E-state index contributed by atoms with van der Waals surface area (Å²) >= 11 is 0. The highest BCUT2D eigenvalue weighted by atomic mass is 19.1. The third-order valence-electron chi connectivity index (χ3n) is 4.58. The van der Waals surface area contributed by atoms with E-state index in [1.54, 1.807) is 30.3 Å². The van der Waals surface area contributed by atoms with Crippen LogP contribution in [0.5, 0.6) is 11.5 Å². The van der Waals surface area contributed by atoms with Crippen molar-refractivity contribution in [1.29, 1.82) is 0 Å². The molecule has 0 unspecified atom stereocenters. The summed E-state index contributed by atoms with van der Waals surface area (Å²) in [6.07, 6.45) is 2.00. The summed E-state index contributed by atoms with van der Waals surface area (Å²) < 4.78 is 24.2. The number of benzene rings is 2. The number of carbonyl (C=O) groups excluding carboxylic acids is 2. The zero-order valence-electron chi connectivity index (χ0n) is 16.9. The lowest BCUT2D eigenvalue weighted by atomic mass is 10.1. The van der Waals surface area contributed by atoms with Gasteiger partial charge in [0.05, 0.1) is 13.2 Å². The number of hydrogen-bond acceptors (Lipinski definition) is 4. The molecule has 7 nitrogen and oxygen atoms in total. The molecule has 3 N–H and O–H groups in total. The Morgan fingerprint density at radius 3 is 2.53 bits per heavy atom. The Morgan fingerprint density at radius 2 is 1.80 bits per heavy atom. The van der Waals surface area contributed by atoms with Gasteiger partial charge in [-0.2, -0.15) is 0 Å². The summed E-state index contributed by atoms with van der Waals surface area (Å²) in [5.41, 5.74) is 1.33. The molecule has 8 heteroatoms. The van der Waals surface area contributed by atoms with E-state index in [1.807, 2.05) is 6.92 Å². The number of rotatable bonds is 7. The van der Waals surface area contributed by atoms with Gasteiger partial charge in [0, 0.05) is 24.7 Å². The fourth-order valence-corrected chi connectivity index (χ4v) is 3.02. The van der Waals surface area contributed by atoms with Gasteiger partial charge < -0.3 is 25.4 Å². The van der Waals surface area contributed by atoms with Crippen LogP contribution in [0.4, 0.5) is 14.9 Å². The number of urea groups is 1. The second-order valence-corrected chi connectivity index (χ2v) is 7.00. The fourth-order valence-electron chi connectivity index (χ4n) is 3.02. The maximum atomic E-state index is 13.0. The van der Waals surface area contributed by atoms with E-state index in [9.17, 15) is 14.0 Å². The van der Waals surface area contributed by atoms with E-state index < -0.39 is 12.1 Å². The lowest BCUT2D eigenvalue weighted by molar-refractivity contribution is -0.118. The number of hydrogen-bond donors (Lipinski definition) is 3. The van der Waals surface area contributed by atoms with Crippen molar-refractivity contribution in [3.8, 4) is 11.5 Å². The highest BCUT2D eigenvalue weighted by Gasteiger charge is 2.21. The van der Waals surface area contributed by atoms with Gasteiger partial charge in [-0.05, 0) is 36.2 Å². The SMILES string of the molecule is CCC[C@@H](NC(=O)NCc1ccc(F)cc1)C(=O)Nc1ccc2c(c1)OCCCO2. The van der Waals surface area contributed by atoms with E-state index in [2.05, 4.69) is 16.0 Å². The molecular weight excluding hydrogens is 389 g/mol. The van der Waals surface area contributed by atoms with Crippen LogP contribution in [0.1, 0.15) is 31.7 Å². The maximum absolute atomic E-state index is 13.0. The van der Waals surface area contributed by atoms with Gasteiger partial charge in [0.2, 0.25) is 5.91 Å². The molecular formula is C22H26FN3O4. The topological polar surface area (TPSA) is 88.7 Å². The van der Waals surface area contributed by atoms with Gasteiger partial charge in [-0.25, -0.2) is 9.18 Å². The molecule has 1 heterocycles. The minimum Gasteiger partial charge on any atom is -0.490 e. The lowest BCUT2D eigenvalue weighted by Gasteiger charge is -2.19. The zero-order chi connectivity index (χ0) is 21.3. The molecule has 0 aromatic heterocycles. The van der Waals surface area contributed by atoms with Crippen LogP contribution < -0.4 is 25.4 Å². The van der Waals surface area contributed by atoms with Crippen molar-refractivity contribution >= 4 is 17.6 Å². The minimum atomic E-state index is -0.695. The van der Waals surface area contributed by atoms with Crippen LogP contribution in [0, 0.1) is 5.82 Å². The monoisotopic (exact) mass is 415 g/mol. The van der Waals surface area contributed by atoms with Gasteiger partial charge in [-0.3, -0.25) is 4.79 Å². The smallest absolute Gasteiger partial charge is 0.315 e. The number of ether oxygens (including phenoxy) is 2. The van der Waals surface area contributed by atoms with Crippen molar-refractivity contribution in [1.82, 2.24) is 10.6 Å². The average molecular weight is 415 g/mol. The number of fused-ring (bicyclic) bond motifs is 1. The van der Waals surface area contributed by atoms with Crippen molar-refractivity contribution in [2.45, 2.75) is 38.8 Å². The van der Waals surface area contributed by atoms with E-state index >= 15 is 0 Å². The van der Waals surface area contributed by atoms with Crippen LogP contribution in [-0.2, 0) is 11.3 Å². The summed E-state index contributed by atoms with van der Waals surface area (Å²) in [5, 5.41) is 8.21. The van der Waals surface area contributed by atoms with Crippen LogP contribution in [0.15, 0.2) is 42.5 Å². The van der Waals surface area contributed by atoms with Crippen LogP contribution >= 0.6 is 0 Å². The molecule has 160 valence electrons.